The summed E-state index contributed by atoms with van der Waals surface area (Å²) in [6.45, 7) is 0. The number of allylic oxidation sites excluding steroid dienone is 1. The Balaban J connectivity index is 1.62. The van der Waals surface area contributed by atoms with Gasteiger partial charge in [0.05, 0.1) is 30.2 Å². The third-order valence-corrected chi connectivity index (χ3v) is 6.87. The van der Waals surface area contributed by atoms with Crippen molar-refractivity contribution in [2.75, 3.05) is 7.11 Å². The van der Waals surface area contributed by atoms with Crippen LogP contribution in [0.1, 0.15) is 69.9 Å². The summed E-state index contributed by atoms with van der Waals surface area (Å²) in [6, 6.07) is 14.4. The fourth-order valence-corrected chi connectivity index (χ4v) is 5.43. The molecule has 2 aromatic carbocycles. The Bertz CT molecular complexity index is 1140. The summed E-state index contributed by atoms with van der Waals surface area (Å²) in [5, 5.41) is 9.09. The van der Waals surface area contributed by atoms with Gasteiger partial charge in [-0.2, -0.15) is 5.26 Å². The summed E-state index contributed by atoms with van der Waals surface area (Å²) < 4.78 is 11.2. The van der Waals surface area contributed by atoms with Crippen LogP contribution in [0.2, 0.25) is 0 Å². The molecule has 0 fully saturated rings. The number of ether oxygens (including phenoxy) is 2. The molecule has 0 radical (unpaired) electrons. The average molecular weight is 413 g/mol. The summed E-state index contributed by atoms with van der Waals surface area (Å²) in [5.74, 6) is 0.129. The predicted molar refractivity (Wildman–Crippen MR) is 114 cm³/mol. The van der Waals surface area contributed by atoms with Crippen molar-refractivity contribution in [1.82, 2.24) is 0 Å². The first-order chi connectivity index (χ1) is 15.1. The second-order valence-corrected chi connectivity index (χ2v) is 8.48. The highest BCUT2D eigenvalue weighted by molar-refractivity contribution is 6.01. The number of hydrogen-bond donors (Lipinski definition) is 0. The van der Waals surface area contributed by atoms with Gasteiger partial charge in [0.2, 0.25) is 0 Å². The van der Waals surface area contributed by atoms with Crippen LogP contribution in [0.5, 0.6) is 5.75 Å². The molecule has 3 unspecified atom stereocenters. The molecular weight excluding hydrogens is 390 g/mol. The molecule has 2 aromatic rings. The largest absolute Gasteiger partial charge is 0.486 e. The molecule has 0 saturated heterocycles. The van der Waals surface area contributed by atoms with Crippen molar-refractivity contribution in [3.05, 3.63) is 75.9 Å². The minimum atomic E-state index is -0.395. The quantitative estimate of drug-likeness (QED) is 0.404. The standard InChI is InChI=1S/C26H23NO4/c1-30-26(29)17-10-11-22-20(12-17)21-13-23(31-22)18-4-2-3-5-19(18)24(21)25(28)16-8-6-15(14-27)7-9-16/h6-12,21,23-24H,2-5,13H2,1H3. The van der Waals surface area contributed by atoms with E-state index in [0.717, 1.165) is 43.4 Å². The van der Waals surface area contributed by atoms with E-state index in [0.29, 0.717) is 16.7 Å². The van der Waals surface area contributed by atoms with E-state index in [9.17, 15) is 9.59 Å². The molecule has 1 heterocycles. The Morgan fingerprint density at radius 2 is 1.74 bits per heavy atom. The van der Waals surface area contributed by atoms with E-state index in [1.807, 2.05) is 12.1 Å². The predicted octanol–water partition coefficient (Wildman–Crippen LogP) is 4.96. The van der Waals surface area contributed by atoms with Gasteiger partial charge < -0.3 is 9.47 Å². The van der Waals surface area contributed by atoms with Crippen LogP contribution < -0.4 is 4.74 Å². The monoisotopic (exact) mass is 413 g/mol. The Morgan fingerprint density at radius 3 is 2.45 bits per heavy atom. The van der Waals surface area contributed by atoms with Crippen molar-refractivity contribution in [1.29, 1.82) is 5.26 Å². The molecule has 0 aromatic heterocycles. The zero-order valence-corrected chi connectivity index (χ0v) is 17.4. The van der Waals surface area contributed by atoms with Crippen molar-refractivity contribution in [3.63, 3.8) is 0 Å². The first-order valence-electron chi connectivity index (χ1n) is 10.8. The highest BCUT2D eigenvalue weighted by Gasteiger charge is 2.46. The molecule has 3 aliphatic rings. The van der Waals surface area contributed by atoms with Gasteiger partial charge in [0.25, 0.3) is 0 Å². The lowest BCUT2D eigenvalue weighted by molar-refractivity contribution is 0.0600. The normalized spacial score (nSPS) is 23.7. The molecule has 5 rings (SSSR count). The van der Waals surface area contributed by atoms with Crippen LogP contribution in [0, 0.1) is 17.2 Å². The van der Waals surface area contributed by atoms with E-state index in [1.165, 1.54) is 18.3 Å². The maximum absolute atomic E-state index is 13.8. The summed E-state index contributed by atoms with van der Waals surface area (Å²) >= 11 is 0. The minimum Gasteiger partial charge on any atom is -0.486 e. The second-order valence-electron chi connectivity index (χ2n) is 8.48. The van der Waals surface area contributed by atoms with Crippen LogP contribution in [-0.2, 0) is 4.74 Å². The van der Waals surface area contributed by atoms with Gasteiger partial charge >= 0.3 is 5.97 Å². The third-order valence-electron chi connectivity index (χ3n) is 6.87. The third kappa shape index (κ3) is 3.23. The summed E-state index contributed by atoms with van der Waals surface area (Å²) in [5.41, 5.74) is 5.04. The van der Waals surface area contributed by atoms with E-state index >= 15 is 0 Å². The first kappa shape index (κ1) is 19.6. The summed E-state index contributed by atoms with van der Waals surface area (Å²) in [4.78, 5) is 25.9. The Labute approximate surface area is 181 Å². The van der Waals surface area contributed by atoms with Gasteiger partial charge in [-0.1, -0.05) is 17.7 Å². The summed E-state index contributed by atoms with van der Waals surface area (Å²) in [6.07, 6.45) is 4.81. The van der Waals surface area contributed by atoms with E-state index in [-0.39, 0.29) is 23.7 Å². The molecule has 0 amide bonds. The van der Waals surface area contributed by atoms with E-state index in [1.54, 1.807) is 30.3 Å². The van der Waals surface area contributed by atoms with Crippen molar-refractivity contribution < 1.29 is 19.1 Å². The smallest absolute Gasteiger partial charge is 0.337 e. The molecule has 1 aliphatic heterocycles. The van der Waals surface area contributed by atoms with Crippen molar-refractivity contribution in [2.45, 2.75) is 44.1 Å². The molecule has 3 atom stereocenters. The number of ketones is 1. The topological polar surface area (TPSA) is 76.4 Å². The SMILES string of the molecule is COC(=O)c1ccc2c(c1)C1CC(O2)C2=C(CCCC2)C1C(=O)c1ccc(C#N)cc1. The number of benzene rings is 2. The van der Waals surface area contributed by atoms with E-state index in [4.69, 9.17) is 14.7 Å². The molecule has 2 bridgehead atoms. The number of nitriles is 1. The lowest BCUT2D eigenvalue weighted by Crippen LogP contribution is -2.41. The molecule has 0 N–H and O–H groups in total. The van der Waals surface area contributed by atoms with Crippen LogP contribution in [0.15, 0.2) is 53.6 Å². The lowest BCUT2D eigenvalue weighted by Gasteiger charge is -2.45. The minimum absolute atomic E-state index is 0.00166. The van der Waals surface area contributed by atoms with Crippen LogP contribution in [0.4, 0.5) is 0 Å². The second kappa shape index (κ2) is 7.70. The van der Waals surface area contributed by atoms with E-state index in [2.05, 4.69) is 6.07 Å². The first-order valence-corrected chi connectivity index (χ1v) is 10.8. The van der Waals surface area contributed by atoms with Gasteiger partial charge in [0.1, 0.15) is 11.9 Å². The number of hydrogen-bond acceptors (Lipinski definition) is 5. The lowest BCUT2D eigenvalue weighted by atomic mass is 9.63. The molecule has 31 heavy (non-hydrogen) atoms. The number of esters is 1. The Hall–Kier alpha value is -3.39. The zero-order chi connectivity index (χ0) is 21.5. The van der Waals surface area contributed by atoms with Crippen molar-refractivity contribution in [3.8, 4) is 11.8 Å². The van der Waals surface area contributed by atoms with Gasteiger partial charge in [-0.05, 0) is 73.6 Å². The molecule has 0 saturated carbocycles. The fourth-order valence-electron chi connectivity index (χ4n) is 5.43. The molecule has 2 aliphatic carbocycles. The number of Topliss-reactive ketones (excluding diaryl/α,β-unsaturated/α-hetero) is 1. The van der Waals surface area contributed by atoms with Gasteiger partial charge in [-0.25, -0.2) is 4.79 Å². The zero-order valence-electron chi connectivity index (χ0n) is 17.4. The number of fused-ring (bicyclic) bond motifs is 5. The Morgan fingerprint density at radius 1 is 1.03 bits per heavy atom. The van der Waals surface area contributed by atoms with Crippen molar-refractivity contribution >= 4 is 11.8 Å². The van der Waals surface area contributed by atoms with Gasteiger partial charge in [-0.15, -0.1) is 0 Å². The number of nitrogens with zero attached hydrogens (tertiary/aromatic N) is 1. The number of carbonyl (C=O) groups is 2. The number of methoxy groups -OCH3 is 1. The van der Waals surface area contributed by atoms with Gasteiger partial charge in [-0.3, -0.25) is 4.79 Å². The number of rotatable bonds is 3. The molecular formula is C26H23NO4. The van der Waals surface area contributed by atoms with Crippen LogP contribution in [0.3, 0.4) is 0 Å². The average Bonchev–Trinajstić information content (AvgIpc) is 2.83. The van der Waals surface area contributed by atoms with Crippen LogP contribution in [-0.4, -0.2) is 25.0 Å². The highest BCUT2D eigenvalue weighted by atomic mass is 16.5. The molecule has 5 heteroatoms. The van der Waals surface area contributed by atoms with Crippen molar-refractivity contribution in [2.24, 2.45) is 5.92 Å². The Kier molecular flexibility index (Phi) is 4.86. The highest BCUT2D eigenvalue weighted by Crippen LogP contribution is 2.53. The molecule has 156 valence electrons. The van der Waals surface area contributed by atoms with E-state index < -0.39 is 5.97 Å². The van der Waals surface area contributed by atoms with Crippen LogP contribution >= 0.6 is 0 Å². The summed E-state index contributed by atoms with van der Waals surface area (Å²) in [7, 11) is 1.37. The van der Waals surface area contributed by atoms with Crippen LogP contribution in [0.25, 0.3) is 0 Å². The molecule has 5 nitrogen and oxygen atoms in total. The van der Waals surface area contributed by atoms with Gasteiger partial charge in [0.15, 0.2) is 5.78 Å². The maximum Gasteiger partial charge on any atom is 0.337 e. The van der Waals surface area contributed by atoms with Gasteiger partial charge in [0, 0.05) is 11.5 Å². The fraction of sp³-hybridized carbons (Fsp3) is 0.346. The maximum atomic E-state index is 13.8. The number of carbonyl (C=O) groups excluding carboxylic acids is 2. The molecule has 0 spiro atoms.